The number of hydrogen-bond donors (Lipinski definition) is 1. The highest BCUT2D eigenvalue weighted by Crippen LogP contribution is 2.32. The molecule has 1 atom stereocenters. The SMILES string of the molecule is O=C1C(c2ccc(Cl)cc2Cl)NN=C2c3ccccc3C(c3ccccc3)=NN12. The van der Waals surface area contributed by atoms with Crippen LogP contribution >= 0.6 is 23.2 Å². The van der Waals surface area contributed by atoms with Crippen LogP contribution in [0, 0.1) is 0 Å². The summed E-state index contributed by atoms with van der Waals surface area (Å²) < 4.78 is 0. The minimum absolute atomic E-state index is 0.262. The Morgan fingerprint density at radius 2 is 1.62 bits per heavy atom. The van der Waals surface area contributed by atoms with Gasteiger partial charge in [0.15, 0.2) is 11.9 Å². The van der Waals surface area contributed by atoms with Gasteiger partial charge in [0.05, 0.1) is 5.71 Å². The van der Waals surface area contributed by atoms with Crippen LogP contribution in [0.15, 0.2) is 83.0 Å². The van der Waals surface area contributed by atoms with Gasteiger partial charge in [-0.1, -0.05) is 83.9 Å². The number of rotatable bonds is 2. The molecule has 1 unspecified atom stereocenters. The second kappa shape index (κ2) is 7.03. The summed E-state index contributed by atoms with van der Waals surface area (Å²) in [5.74, 6) is 0.203. The quantitative estimate of drug-likeness (QED) is 0.658. The molecule has 0 fully saturated rings. The molecule has 7 heteroatoms. The summed E-state index contributed by atoms with van der Waals surface area (Å²) in [5, 5.41) is 11.4. The van der Waals surface area contributed by atoms with E-state index in [4.69, 9.17) is 23.2 Å². The average Bonchev–Trinajstić information content (AvgIpc) is 2.75. The average molecular weight is 421 g/mol. The third kappa shape index (κ3) is 2.99. The van der Waals surface area contributed by atoms with Gasteiger partial charge in [-0.3, -0.25) is 10.2 Å². The number of carbonyl (C=O) groups excluding carboxylic acids is 1. The Kier molecular flexibility index (Phi) is 4.34. The Balaban J connectivity index is 1.64. The van der Waals surface area contributed by atoms with Crippen molar-refractivity contribution in [1.82, 2.24) is 10.4 Å². The van der Waals surface area contributed by atoms with Gasteiger partial charge in [0.25, 0.3) is 5.91 Å². The zero-order valence-corrected chi connectivity index (χ0v) is 16.5. The van der Waals surface area contributed by atoms with Crippen molar-refractivity contribution >= 4 is 40.7 Å². The molecule has 5 rings (SSSR count). The first-order valence-corrected chi connectivity index (χ1v) is 9.75. The normalized spacial score (nSPS) is 17.7. The van der Waals surface area contributed by atoms with E-state index >= 15 is 0 Å². The number of hydrazone groups is 2. The summed E-state index contributed by atoms with van der Waals surface area (Å²) in [5.41, 5.74) is 6.94. The Morgan fingerprint density at radius 1 is 0.897 bits per heavy atom. The van der Waals surface area contributed by atoms with Crippen LogP contribution in [0.25, 0.3) is 0 Å². The first-order chi connectivity index (χ1) is 14.1. The van der Waals surface area contributed by atoms with E-state index in [2.05, 4.69) is 15.6 Å². The predicted molar refractivity (Wildman–Crippen MR) is 114 cm³/mol. The van der Waals surface area contributed by atoms with Gasteiger partial charge in [0.1, 0.15) is 0 Å². The molecular weight excluding hydrogens is 407 g/mol. The van der Waals surface area contributed by atoms with Crippen LogP contribution < -0.4 is 5.43 Å². The lowest BCUT2D eigenvalue weighted by Gasteiger charge is -2.33. The smallest absolute Gasteiger partial charge is 0.277 e. The van der Waals surface area contributed by atoms with Crippen LogP contribution in [0.2, 0.25) is 10.0 Å². The molecular formula is C22H14Cl2N4O. The number of benzene rings is 3. The van der Waals surface area contributed by atoms with Crippen LogP contribution in [-0.2, 0) is 4.79 Å². The molecule has 0 radical (unpaired) electrons. The molecule has 142 valence electrons. The highest BCUT2D eigenvalue weighted by Gasteiger charge is 2.38. The zero-order valence-electron chi connectivity index (χ0n) is 15.0. The van der Waals surface area contributed by atoms with E-state index in [1.807, 2.05) is 54.6 Å². The van der Waals surface area contributed by atoms with Crippen molar-refractivity contribution in [1.29, 1.82) is 0 Å². The van der Waals surface area contributed by atoms with Crippen LogP contribution in [0.4, 0.5) is 0 Å². The maximum Gasteiger partial charge on any atom is 0.277 e. The lowest BCUT2D eigenvalue weighted by atomic mass is 9.94. The Bertz CT molecular complexity index is 1190. The van der Waals surface area contributed by atoms with Crippen molar-refractivity contribution in [2.45, 2.75) is 6.04 Å². The Morgan fingerprint density at radius 3 is 2.38 bits per heavy atom. The van der Waals surface area contributed by atoms with E-state index in [1.165, 1.54) is 5.01 Å². The number of carbonyl (C=O) groups is 1. The van der Waals surface area contributed by atoms with Gasteiger partial charge in [0.2, 0.25) is 0 Å². The fourth-order valence-corrected chi connectivity index (χ4v) is 4.03. The minimum atomic E-state index is -0.755. The van der Waals surface area contributed by atoms with Crippen LogP contribution in [0.3, 0.4) is 0 Å². The largest absolute Gasteiger partial charge is 0.291 e. The summed E-state index contributed by atoms with van der Waals surface area (Å²) in [7, 11) is 0. The van der Waals surface area contributed by atoms with E-state index in [0.717, 1.165) is 22.4 Å². The maximum absolute atomic E-state index is 13.4. The van der Waals surface area contributed by atoms with Crippen LogP contribution in [0.1, 0.15) is 28.3 Å². The standard InChI is InChI=1S/C22H14Cl2N4O/c23-14-10-11-17(18(24)12-14)20-22(29)28-21(26-25-20)16-9-5-4-8-15(16)19(27-28)13-6-2-1-3-7-13/h1-12,20,25H. The highest BCUT2D eigenvalue weighted by atomic mass is 35.5. The lowest BCUT2D eigenvalue weighted by Crippen LogP contribution is -2.48. The number of hydrogen-bond acceptors (Lipinski definition) is 4. The van der Waals surface area contributed by atoms with Crippen molar-refractivity contribution in [2.24, 2.45) is 10.2 Å². The number of nitrogens with one attached hydrogen (secondary N) is 1. The van der Waals surface area contributed by atoms with E-state index in [9.17, 15) is 4.79 Å². The predicted octanol–water partition coefficient (Wildman–Crippen LogP) is 4.59. The molecule has 0 aliphatic carbocycles. The van der Waals surface area contributed by atoms with Gasteiger partial charge in [-0.15, -0.1) is 0 Å². The second-order valence-corrected chi connectivity index (χ2v) is 7.52. The fourth-order valence-electron chi connectivity index (χ4n) is 3.51. The van der Waals surface area contributed by atoms with Crippen molar-refractivity contribution in [3.63, 3.8) is 0 Å². The van der Waals surface area contributed by atoms with Crippen LogP contribution in [0.5, 0.6) is 0 Å². The van der Waals surface area contributed by atoms with E-state index in [-0.39, 0.29) is 5.91 Å². The van der Waals surface area contributed by atoms with E-state index < -0.39 is 6.04 Å². The van der Waals surface area contributed by atoms with Crippen molar-refractivity contribution in [3.8, 4) is 0 Å². The summed E-state index contributed by atoms with van der Waals surface area (Å²) >= 11 is 12.3. The molecule has 0 saturated carbocycles. The summed E-state index contributed by atoms with van der Waals surface area (Å²) in [6, 6.07) is 21.8. The molecule has 29 heavy (non-hydrogen) atoms. The van der Waals surface area contributed by atoms with E-state index in [1.54, 1.807) is 18.2 Å². The second-order valence-electron chi connectivity index (χ2n) is 6.67. The topological polar surface area (TPSA) is 57.1 Å². The van der Waals surface area contributed by atoms with Gasteiger partial charge in [-0.05, 0) is 12.1 Å². The van der Waals surface area contributed by atoms with Crippen molar-refractivity contribution < 1.29 is 4.79 Å². The zero-order chi connectivity index (χ0) is 20.0. The molecule has 0 aromatic heterocycles. The number of amidine groups is 1. The van der Waals surface area contributed by atoms with Gasteiger partial charge in [0, 0.05) is 32.3 Å². The van der Waals surface area contributed by atoms with Gasteiger partial charge in [-0.25, -0.2) is 0 Å². The van der Waals surface area contributed by atoms with Crippen molar-refractivity contribution in [2.75, 3.05) is 0 Å². The minimum Gasteiger partial charge on any atom is -0.291 e. The molecule has 3 aromatic rings. The summed E-state index contributed by atoms with van der Waals surface area (Å²) in [4.78, 5) is 13.4. The molecule has 2 aliphatic heterocycles. The van der Waals surface area contributed by atoms with Gasteiger partial charge < -0.3 is 0 Å². The molecule has 0 spiro atoms. The number of fused-ring (bicyclic) bond motifs is 3. The highest BCUT2D eigenvalue weighted by molar-refractivity contribution is 6.35. The molecule has 5 nitrogen and oxygen atoms in total. The molecule has 1 amide bonds. The Hall–Kier alpha value is -3.15. The molecule has 3 aromatic carbocycles. The first-order valence-electron chi connectivity index (χ1n) is 8.99. The maximum atomic E-state index is 13.4. The third-order valence-corrected chi connectivity index (χ3v) is 5.46. The molecule has 1 N–H and O–H groups in total. The molecule has 2 heterocycles. The summed E-state index contributed by atoms with van der Waals surface area (Å²) in [6.07, 6.45) is 0. The first kappa shape index (κ1) is 17.9. The number of halogens is 2. The molecule has 0 bridgehead atoms. The monoisotopic (exact) mass is 420 g/mol. The number of nitrogens with zero attached hydrogens (tertiary/aromatic N) is 3. The number of amides is 1. The van der Waals surface area contributed by atoms with Crippen molar-refractivity contribution in [3.05, 3.63) is 105 Å². The van der Waals surface area contributed by atoms with Crippen LogP contribution in [-0.4, -0.2) is 22.5 Å². The lowest BCUT2D eigenvalue weighted by molar-refractivity contribution is -0.130. The molecule has 0 saturated heterocycles. The fraction of sp³-hybridized carbons (Fsp3) is 0.0455. The van der Waals surface area contributed by atoms with Gasteiger partial charge >= 0.3 is 0 Å². The van der Waals surface area contributed by atoms with E-state index in [0.29, 0.717) is 21.4 Å². The summed E-state index contributed by atoms with van der Waals surface area (Å²) in [6.45, 7) is 0. The van der Waals surface area contributed by atoms with Gasteiger partial charge in [-0.2, -0.15) is 15.2 Å². The third-order valence-electron chi connectivity index (χ3n) is 4.90. The molecule has 2 aliphatic rings. The Labute approximate surface area is 177 Å².